The standard InChI is InChI=1S/C16H20F3N5/c1-8-21-14-10(16(20)22-8)11(17)12(18)15(13(14)19)24-6-4-9(5-7-24)23(2)3/h9H,4-7H2,1-3H3,(H2,20,21,22). The van der Waals surface area contributed by atoms with Crippen molar-refractivity contribution in [3.8, 4) is 0 Å². The first-order chi connectivity index (χ1) is 11.3. The van der Waals surface area contributed by atoms with Gasteiger partial charge >= 0.3 is 0 Å². The van der Waals surface area contributed by atoms with E-state index in [-0.39, 0.29) is 22.8 Å². The first kappa shape index (κ1) is 16.8. The maximum atomic E-state index is 14.9. The average Bonchev–Trinajstić information content (AvgIpc) is 2.53. The van der Waals surface area contributed by atoms with E-state index in [9.17, 15) is 13.2 Å². The van der Waals surface area contributed by atoms with Crippen LogP contribution in [-0.2, 0) is 0 Å². The van der Waals surface area contributed by atoms with Gasteiger partial charge in [0.05, 0.1) is 5.39 Å². The smallest absolute Gasteiger partial charge is 0.186 e. The summed E-state index contributed by atoms with van der Waals surface area (Å²) in [7, 11) is 3.94. The molecular formula is C16H20F3N5. The van der Waals surface area contributed by atoms with Crippen LogP contribution < -0.4 is 10.6 Å². The fraction of sp³-hybridized carbons (Fsp3) is 0.500. The van der Waals surface area contributed by atoms with Crippen molar-refractivity contribution >= 4 is 22.4 Å². The predicted octanol–water partition coefficient (Wildman–Crippen LogP) is 2.47. The van der Waals surface area contributed by atoms with Crippen molar-refractivity contribution in [2.45, 2.75) is 25.8 Å². The van der Waals surface area contributed by atoms with Crippen LogP contribution in [0.15, 0.2) is 0 Å². The highest BCUT2D eigenvalue weighted by Gasteiger charge is 2.30. The molecule has 0 unspecified atom stereocenters. The molecule has 0 saturated carbocycles. The number of nitrogens with zero attached hydrogens (tertiary/aromatic N) is 4. The van der Waals surface area contributed by atoms with Crippen molar-refractivity contribution in [3.05, 3.63) is 23.3 Å². The fourth-order valence-electron chi connectivity index (χ4n) is 3.28. The van der Waals surface area contributed by atoms with Gasteiger partial charge in [0, 0.05) is 19.1 Å². The van der Waals surface area contributed by atoms with E-state index < -0.39 is 22.8 Å². The lowest BCUT2D eigenvalue weighted by Crippen LogP contribution is -2.42. The number of hydrogen-bond donors (Lipinski definition) is 1. The number of benzene rings is 1. The normalized spacial score (nSPS) is 16.4. The molecule has 8 heteroatoms. The number of nitrogens with two attached hydrogens (primary N) is 1. The summed E-state index contributed by atoms with van der Waals surface area (Å²) in [6.07, 6.45) is 1.49. The van der Waals surface area contributed by atoms with Crippen molar-refractivity contribution in [3.63, 3.8) is 0 Å². The summed E-state index contributed by atoms with van der Waals surface area (Å²) in [6.45, 7) is 2.42. The number of aromatic nitrogens is 2. The molecule has 1 saturated heterocycles. The highest BCUT2D eigenvalue weighted by molar-refractivity contribution is 5.92. The molecule has 0 aliphatic carbocycles. The summed E-state index contributed by atoms with van der Waals surface area (Å²) in [5.74, 6) is -3.37. The lowest BCUT2D eigenvalue weighted by atomic mass is 10.0. The van der Waals surface area contributed by atoms with Crippen LogP contribution in [-0.4, -0.2) is 48.1 Å². The van der Waals surface area contributed by atoms with Crippen LogP contribution in [0.5, 0.6) is 0 Å². The van der Waals surface area contributed by atoms with Gasteiger partial charge in [-0.25, -0.2) is 23.1 Å². The summed E-state index contributed by atoms with van der Waals surface area (Å²) in [4.78, 5) is 11.3. The van der Waals surface area contributed by atoms with Crippen LogP contribution in [0.3, 0.4) is 0 Å². The van der Waals surface area contributed by atoms with Gasteiger partial charge in [-0.3, -0.25) is 0 Å². The third-order valence-corrected chi connectivity index (χ3v) is 4.60. The molecule has 0 spiro atoms. The third-order valence-electron chi connectivity index (χ3n) is 4.60. The van der Waals surface area contributed by atoms with E-state index in [0.29, 0.717) is 19.1 Å². The molecule has 2 N–H and O–H groups in total. The molecule has 2 heterocycles. The highest BCUT2D eigenvalue weighted by Crippen LogP contribution is 2.36. The first-order valence-electron chi connectivity index (χ1n) is 7.83. The van der Waals surface area contributed by atoms with E-state index in [0.717, 1.165) is 12.8 Å². The second-order valence-electron chi connectivity index (χ2n) is 6.35. The second kappa shape index (κ2) is 6.08. The summed E-state index contributed by atoms with van der Waals surface area (Å²) in [6, 6.07) is 0.345. The maximum Gasteiger partial charge on any atom is 0.186 e. The van der Waals surface area contributed by atoms with E-state index in [1.165, 1.54) is 6.92 Å². The molecule has 1 fully saturated rings. The van der Waals surface area contributed by atoms with E-state index in [2.05, 4.69) is 14.9 Å². The molecule has 0 bridgehead atoms. The molecule has 1 aromatic carbocycles. The van der Waals surface area contributed by atoms with Crippen molar-refractivity contribution in [2.75, 3.05) is 37.8 Å². The Kier molecular flexibility index (Phi) is 4.25. The molecule has 0 atom stereocenters. The third kappa shape index (κ3) is 2.64. The summed E-state index contributed by atoms with van der Waals surface area (Å²) in [5.41, 5.74) is 4.99. The zero-order valence-corrected chi connectivity index (χ0v) is 13.9. The van der Waals surface area contributed by atoms with Crippen LogP contribution in [0.4, 0.5) is 24.7 Å². The molecule has 0 radical (unpaired) electrons. The minimum absolute atomic E-state index is 0.210. The molecule has 2 aromatic rings. The Morgan fingerprint density at radius 1 is 1.04 bits per heavy atom. The van der Waals surface area contributed by atoms with Gasteiger partial charge in [0.2, 0.25) is 0 Å². The molecule has 130 valence electrons. The Hall–Kier alpha value is -2.09. The minimum atomic E-state index is -1.23. The van der Waals surface area contributed by atoms with Gasteiger partial charge in [0.25, 0.3) is 0 Å². The van der Waals surface area contributed by atoms with Crippen LogP contribution in [0.2, 0.25) is 0 Å². The zero-order chi connectivity index (χ0) is 17.6. The SMILES string of the molecule is Cc1nc(N)c2c(F)c(F)c(N3CCC(N(C)C)CC3)c(F)c2n1. The van der Waals surface area contributed by atoms with Gasteiger partial charge in [-0.1, -0.05) is 0 Å². The predicted molar refractivity (Wildman–Crippen MR) is 87.5 cm³/mol. The number of fused-ring (bicyclic) bond motifs is 1. The Balaban J connectivity index is 2.09. The van der Waals surface area contributed by atoms with Gasteiger partial charge < -0.3 is 15.5 Å². The zero-order valence-electron chi connectivity index (χ0n) is 13.9. The summed E-state index contributed by atoms with van der Waals surface area (Å²) < 4.78 is 43.9. The number of hydrogen-bond acceptors (Lipinski definition) is 5. The number of halogens is 3. The second-order valence-corrected chi connectivity index (χ2v) is 6.35. The Morgan fingerprint density at radius 2 is 1.67 bits per heavy atom. The number of rotatable bonds is 2. The van der Waals surface area contributed by atoms with E-state index >= 15 is 0 Å². The number of nitrogen functional groups attached to an aromatic ring is 1. The summed E-state index contributed by atoms with van der Waals surface area (Å²) in [5, 5.41) is -0.400. The van der Waals surface area contributed by atoms with E-state index in [4.69, 9.17) is 5.73 Å². The first-order valence-corrected chi connectivity index (χ1v) is 7.83. The quantitative estimate of drug-likeness (QED) is 0.852. The molecule has 24 heavy (non-hydrogen) atoms. The number of aryl methyl sites for hydroxylation is 1. The van der Waals surface area contributed by atoms with Crippen LogP contribution in [0.25, 0.3) is 10.9 Å². The highest BCUT2D eigenvalue weighted by atomic mass is 19.2. The van der Waals surface area contributed by atoms with Crippen molar-refractivity contribution < 1.29 is 13.2 Å². The maximum absolute atomic E-state index is 14.9. The van der Waals surface area contributed by atoms with Gasteiger partial charge in [0.1, 0.15) is 22.8 Å². The van der Waals surface area contributed by atoms with E-state index in [1.807, 2.05) is 14.1 Å². The molecule has 5 nitrogen and oxygen atoms in total. The van der Waals surface area contributed by atoms with Gasteiger partial charge in [-0.2, -0.15) is 0 Å². The number of piperidine rings is 1. The van der Waals surface area contributed by atoms with E-state index in [1.54, 1.807) is 4.90 Å². The lowest BCUT2D eigenvalue weighted by Gasteiger charge is -2.36. The molecule has 1 aromatic heterocycles. The van der Waals surface area contributed by atoms with Gasteiger partial charge in [0.15, 0.2) is 17.5 Å². The summed E-state index contributed by atoms with van der Waals surface area (Å²) >= 11 is 0. The van der Waals surface area contributed by atoms with Crippen LogP contribution >= 0.6 is 0 Å². The Labute approximate surface area is 138 Å². The monoisotopic (exact) mass is 339 g/mol. The van der Waals surface area contributed by atoms with Crippen molar-refractivity contribution in [2.24, 2.45) is 0 Å². The van der Waals surface area contributed by atoms with Crippen molar-refractivity contribution in [1.29, 1.82) is 0 Å². The van der Waals surface area contributed by atoms with Crippen LogP contribution in [0.1, 0.15) is 18.7 Å². The lowest BCUT2D eigenvalue weighted by molar-refractivity contribution is 0.248. The van der Waals surface area contributed by atoms with Crippen molar-refractivity contribution in [1.82, 2.24) is 14.9 Å². The number of anilines is 2. The Morgan fingerprint density at radius 3 is 2.25 bits per heavy atom. The Bertz CT molecular complexity index is 785. The molecule has 0 amide bonds. The molecule has 1 aliphatic rings. The molecular weight excluding hydrogens is 319 g/mol. The average molecular weight is 339 g/mol. The van der Waals surface area contributed by atoms with Gasteiger partial charge in [-0.05, 0) is 33.9 Å². The largest absolute Gasteiger partial charge is 0.383 e. The fourth-order valence-corrected chi connectivity index (χ4v) is 3.28. The molecule has 3 rings (SSSR count). The van der Waals surface area contributed by atoms with Gasteiger partial charge in [-0.15, -0.1) is 0 Å². The minimum Gasteiger partial charge on any atom is -0.383 e. The van der Waals surface area contributed by atoms with Crippen LogP contribution in [0, 0.1) is 24.4 Å². The topological polar surface area (TPSA) is 58.3 Å². The molecule has 1 aliphatic heterocycles.